The molecule has 4 aromatic rings. The van der Waals surface area contributed by atoms with E-state index in [2.05, 4.69) is 48.5 Å². The van der Waals surface area contributed by atoms with Gasteiger partial charge in [0, 0.05) is 15.7 Å². The second kappa shape index (κ2) is 9.10. The third-order valence-electron chi connectivity index (χ3n) is 7.61. The Hall–Kier alpha value is -3.39. The maximum Gasteiger partial charge on any atom is 0.187 e. The average molecular weight is 449 g/mol. The Bertz CT molecular complexity index is 1320. The van der Waals surface area contributed by atoms with Crippen molar-refractivity contribution in [2.45, 2.75) is 51.4 Å². The number of hydrogen-bond acceptors (Lipinski definition) is 1. The highest BCUT2D eigenvalue weighted by atomic mass is 19.3. The molecule has 0 N–H and O–H groups in total. The van der Waals surface area contributed by atoms with Crippen LogP contribution in [0.5, 0.6) is 5.75 Å². The molecule has 0 saturated carbocycles. The van der Waals surface area contributed by atoms with Gasteiger partial charge in [-0.1, -0.05) is 66.7 Å². The van der Waals surface area contributed by atoms with Gasteiger partial charge >= 0.3 is 0 Å². The topological polar surface area (TPSA) is 9.23 Å². The van der Waals surface area contributed by atoms with Crippen LogP contribution in [-0.2, 0) is 25.7 Å². The number of hydrogen-bond donors (Lipinski definition) is 0. The fraction of sp³-hybridized carbons (Fsp3) is 0.250. The Labute approximate surface area is 201 Å². The number of fused-ring (bicyclic) bond motifs is 2. The fourth-order valence-electron chi connectivity index (χ4n) is 5.97. The fourth-order valence-corrected chi connectivity index (χ4v) is 5.97. The minimum Gasteiger partial charge on any atom is -0.293 e. The van der Waals surface area contributed by atoms with Crippen molar-refractivity contribution in [2.75, 3.05) is 0 Å². The van der Waals surface area contributed by atoms with E-state index < -0.39 is 0 Å². The lowest BCUT2D eigenvalue weighted by Gasteiger charge is -2.27. The highest BCUT2D eigenvalue weighted by molar-refractivity contribution is 5.89. The van der Waals surface area contributed by atoms with Gasteiger partial charge in [-0.05, 0) is 108 Å². The van der Waals surface area contributed by atoms with Crippen molar-refractivity contribution < 1.29 is 9.47 Å². The lowest BCUT2D eigenvalue weighted by Crippen LogP contribution is -2.10. The van der Waals surface area contributed by atoms with Crippen molar-refractivity contribution in [3.63, 3.8) is 0 Å². The van der Waals surface area contributed by atoms with Crippen LogP contribution in [0.3, 0.4) is 0 Å². The van der Waals surface area contributed by atoms with Gasteiger partial charge in [-0.2, -0.15) is 0 Å². The van der Waals surface area contributed by atoms with Gasteiger partial charge in [-0.25, -0.2) is 0 Å². The van der Waals surface area contributed by atoms with Crippen molar-refractivity contribution in [1.82, 2.24) is 0 Å². The maximum atomic E-state index is 14.5. The Morgan fingerprint density at radius 1 is 0.529 bits per heavy atom. The number of aryl methyl sites for hydroxylation is 2. The largest absolute Gasteiger partial charge is 0.293 e. The molecule has 0 spiro atoms. The standard InChI is InChI=1S/C32H29FO/c33-34-32-29(23-13-5-2-6-14-23)20-25-16-8-10-18-28(25)31(32)30-21-26(22-11-3-1-4-12-22)19-24-15-7-9-17-27(24)30/h1-6,11-14,19-21H,7-10,15-18H2. The highest BCUT2D eigenvalue weighted by Crippen LogP contribution is 2.48. The van der Waals surface area contributed by atoms with Gasteiger partial charge < -0.3 is 0 Å². The minimum absolute atomic E-state index is 0.379. The monoisotopic (exact) mass is 448 g/mol. The summed E-state index contributed by atoms with van der Waals surface area (Å²) >= 11 is 0. The molecule has 2 aliphatic rings. The normalized spacial score (nSPS) is 14.9. The predicted molar refractivity (Wildman–Crippen MR) is 138 cm³/mol. The van der Waals surface area contributed by atoms with Crippen molar-refractivity contribution in [1.29, 1.82) is 0 Å². The van der Waals surface area contributed by atoms with Crippen LogP contribution in [0.25, 0.3) is 33.4 Å². The van der Waals surface area contributed by atoms with Crippen molar-refractivity contribution in [3.8, 4) is 39.1 Å². The second-order valence-corrected chi connectivity index (χ2v) is 9.65. The predicted octanol–water partition coefficient (Wildman–Crippen LogP) is 8.71. The number of rotatable bonds is 4. The lowest BCUT2D eigenvalue weighted by atomic mass is 9.78. The zero-order chi connectivity index (χ0) is 22.9. The van der Waals surface area contributed by atoms with Crippen LogP contribution in [0.4, 0.5) is 4.53 Å². The molecule has 6 rings (SSSR count). The van der Waals surface area contributed by atoms with E-state index in [4.69, 9.17) is 4.94 Å². The Kier molecular flexibility index (Phi) is 5.66. The molecule has 0 aromatic heterocycles. The molecular formula is C32H29FO. The van der Waals surface area contributed by atoms with Crippen molar-refractivity contribution in [2.24, 2.45) is 0 Å². The Morgan fingerprint density at radius 3 is 1.79 bits per heavy atom. The summed E-state index contributed by atoms with van der Waals surface area (Å²) in [5, 5.41) is 0. The summed E-state index contributed by atoms with van der Waals surface area (Å²) in [5.74, 6) is 0.379. The van der Waals surface area contributed by atoms with Crippen LogP contribution < -0.4 is 4.94 Å². The van der Waals surface area contributed by atoms with Gasteiger partial charge in [0.05, 0.1) is 0 Å². The van der Waals surface area contributed by atoms with Crippen LogP contribution in [0, 0.1) is 0 Å². The molecule has 2 heteroatoms. The molecule has 0 atom stereocenters. The molecule has 0 heterocycles. The molecule has 0 bridgehead atoms. The summed E-state index contributed by atoms with van der Waals surface area (Å²) in [6.45, 7) is 0. The van der Waals surface area contributed by atoms with Gasteiger partial charge in [0.2, 0.25) is 0 Å². The molecular weight excluding hydrogens is 419 g/mol. The molecule has 2 aliphatic carbocycles. The van der Waals surface area contributed by atoms with Crippen LogP contribution >= 0.6 is 0 Å². The van der Waals surface area contributed by atoms with Crippen molar-refractivity contribution >= 4 is 0 Å². The van der Waals surface area contributed by atoms with E-state index in [1.807, 2.05) is 30.3 Å². The first-order valence-corrected chi connectivity index (χ1v) is 12.6. The second-order valence-electron chi connectivity index (χ2n) is 9.65. The number of benzene rings is 4. The zero-order valence-corrected chi connectivity index (χ0v) is 19.4. The van der Waals surface area contributed by atoms with E-state index in [1.54, 1.807) is 0 Å². The average Bonchev–Trinajstić information content (AvgIpc) is 2.92. The molecule has 0 unspecified atom stereocenters. The Balaban J connectivity index is 1.67. The molecule has 170 valence electrons. The summed E-state index contributed by atoms with van der Waals surface area (Å²) < 4.78 is 14.5. The first-order valence-electron chi connectivity index (χ1n) is 12.6. The molecule has 0 radical (unpaired) electrons. The molecule has 4 aromatic carbocycles. The Morgan fingerprint density at radius 2 is 1.12 bits per heavy atom. The molecule has 0 aliphatic heterocycles. The van der Waals surface area contributed by atoms with E-state index in [1.165, 1.54) is 58.2 Å². The lowest BCUT2D eigenvalue weighted by molar-refractivity contribution is -0.00483. The van der Waals surface area contributed by atoms with Gasteiger partial charge in [0.15, 0.2) is 5.75 Å². The highest BCUT2D eigenvalue weighted by Gasteiger charge is 2.27. The van der Waals surface area contributed by atoms with Gasteiger partial charge in [-0.15, -0.1) is 0 Å². The molecule has 1 nitrogen and oxygen atoms in total. The van der Waals surface area contributed by atoms with E-state index in [9.17, 15) is 4.53 Å². The SMILES string of the molecule is FOc1c(-c2ccccc2)cc2c(c1-c1cc(-c3ccccc3)cc3c1CCCC3)CCCC2. The number of halogens is 1. The van der Waals surface area contributed by atoms with E-state index in [-0.39, 0.29) is 0 Å². The summed E-state index contributed by atoms with van der Waals surface area (Å²) in [4.78, 5) is 4.79. The third kappa shape index (κ3) is 3.72. The maximum absolute atomic E-state index is 14.5. The van der Waals surface area contributed by atoms with E-state index in [0.29, 0.717) is 5.75 Å². The van der Waals surface area contributed by atoms with Gasteiger partial charge in [0.1, 0.15) is 0 Å². The van der Waals surface area contributed by atoms with Gasteiger partial charge in [0.25, 0.3) is 0 Å². The van der Waals surface area contributed by atoms with Gasteiger partial charge in [-0.3, -0.25) is 4.94 Å². The third-order valence-corrected chi connectivity index (χ3v) is 7.61. The van der Waals surface area contributed by atoms with E-state index >= 15 is 0 Å². The first-order chi connectivity index (χ1) is 16.8. The molecule has 0 fully saturated rings. The molecule has 0 amide bonds. The van der Waals surface area contributed by atoms with E-state index in [0.717, 1.165) is 48.8 Å². The first kappa shape index (κ1) is 21.2. The summed E-state index contributed by atoms with van der Waals surface area (Å²) in [7, 11) is 0. The minimum atomic E-state index is 0.379. The summed E-state index contributed by atoms with van der Waals surface area (Å²) in [5.41, 5.74) is 11.8. The van der Waals surface area contributed by atoms with Crippen molar-refractivity contribution in [3.05, 3.63) is 101 Å². The zero-order valence-electron chi connectivity index (χ0n) is 19.4. The van der Waals surface area contributed by atoms with Crippen LogP contribution in [-0.4, -0.2) is 0 Å². The quantitative estimate of drug-likeness (QED) is 0.303. The summed E-state index contributed by atoms with van der Waals surface area (Å²) in [6.07, 6.45) is 8.83. The van der Waals surface area contributed by atoms with Crippen LogP contribution in [0.2, 0.25) is 0 Å². The van der Waals surface area contributed by atoms with Crippen LogP contribution in [0.15, 0.2) is 78.9 Å². The molecule has 34 heavy (non-hydrogen) atoms. The molecule has 0 saturated heterocycles. The van der Waals surface area contributed by atoms with Crippen LogP contribution in [0.1, 0.15) is 47.9 Å². The summed E-state index contributed by atoms with van der Waals surface area (Å²) in [6, 6.07) is 27.5. The smallest absolute Gasteiger partial charge is 0.187 e.